The Balaban J connectivity index is 1.85. The second kappa shape index (κ2) is 11.8. The molecule has 0 fully saturated rings. The molecule has 0 radical (unpaired) electrons. The third kappa shape index (κ3) is 6.70. The fourth-order valence-corrected chi connectivity index (χ4v) is 5.37. The van der Waals surface area contributed by atoms with E-state index in [1.165, 1.54) is 26.2 Å². The Kier molecular flexibility index (Phi) is 8.83. The lowest BCUT2D eigenvalue weighted by Crippen LogP contribution is -2.40. The van der Waals surface area contributed by atoms with Crippen molar-refractivity contribution in [3.8, 4) is 5.75 Å². The Morgan fingerprint density at radius 3 is 2.28 bits per heavy atom. The molecule has 0 saturated carbocycles. The maximum absolute atomic E-state index is 13.6. The van der Waals surface area contributed by atoms with Crippen LogP contribution in [0, 0.1) is 0 Å². The number of rotatable bonds is 9. The monoisotopic (exact) mass is 572 g/mol. The summed E-state index contributed by atoms with van der Waals surface area (Å²) in [4.78, 5) is 23.9. The topological polar surface area (TPSA) is 117 Å². The molecule has 2 amide bonds. The number of nitrogens with zero attached hydrogens (tertiary/aromatic N) is 2. The fourth-order valence-electron chi connectivity index (χ4n) is 3.25. The molecule has 0 atom stereocenters. The number of carbonyl (C=O) groups excluding carboxylic acids is 2. The normalized spacial score (nSPS) is 11.5. The van der Waals surface area contributed by atoms with Gasteiger partial charge in [-0.05, 0) is 55.0 Å². The van der Waals surface area contributed by atoms with Crippen molar-refractivity contribution in [1.29, 1.82) is 0 Å². The number of para-hydroxylation sites is 1. The number of benzene rings is 3. The number of nitrogens with one attached hydrogen (secondary N) is 2. The van der Waals surface area contributed by atoms with E-state index in [9.17, 15) is 18.0 Å². The van der Waals surface area contributed by atoms with Gasteiger partial charge in [0.15, 0.2) is 0 Å². The van der Waals surface area contributed by atoms with Crippen molar-refractivity contribution in [3.63, 3.8) is 0 Å². The maximum Gasteiger partial charge on any atom is 0.268 e. The number of anilines is 2. The van der Waals surface area contributed by atoms with Gasteiger partial charge in [-0.25, -0.2) is 13.8 Å². The van der Waals surface area contributed by atoms with Gasteiger partial charge in [-0.3, -0.25) is 13.9 Å². The molecular formula is C25H25BrN4O5S. The molecule has 0 saturated heterocycles. The summed E-state index contributed by atoms with van der Waals surface area (Å²) in [6, 6.07) is 19.9. The maximum atomic E-state index is 13.6. The number of halogens is 1. The van der Waals surface area contributed by atoms with E-state index in [1.807, 2.05) is 0 Å². The zero-order chi connectivity index (χ0) is 26.3. The summed E-state index contributed by atoms with van der Waals surface area (Å²) in [5.74, 6) is -0.666. The first-order chi connectivity index (χ1) is 17.1. The predicted octanol–water partition coefficient (Wildman–Crippen LogP) is 4.15. The van der Waals surface area contributed by atoms with Gasteiger partial charge in [0, 0.05) is 17.1 Å². The van der Waals surface area contributed by atoms with E-state index in [2.05, 4.69) is 31.8 Å². The number of amides is 2. The van der Waals surface area contributed by atoms with Gasteiger partial charge in [0.2, 0.25) is 5.91 Å². The van der Waals surface area contributed by atoms with Crippen LogP contribution in [-0.4, -0.2) is 39.6 Å². The largest absolute Gasteiger partial charge is 0.495 e. The van der Waals surface area contributed by atoms with Gasteiger partial charge < -0.3 is 10.1 Å². The third-order valence-corrected chi connectivity index (χ3v) is 7.28. The van der Waals surface area contributed by atoms with Gasteiger partial charge in [0.25, 0.3) is 15.9 Å². The van der Waals surface area contributed by atoms with Crippen LogP contribution >= 0.6 is 15.9 Å². The van der Waals surface area contributed by atoms with Gasteiger partial charge >= 0.3 is 0 Å². The second-order valence-corrected chi connectivity index (χ2v) is 10.4. The molecule has 0 aliphatic carbocycles. The molecule has 3 aromatic rings. The summed E-state index contributed by atoms with van der Waals surface area (Å²) in [6.07, 6.45) is 0. The molecule has 0 aliphatic heterocycles. The standard InChI is InChI=1S/C25H25BrN4O5S/c1-17(19-9-12-21(13-10-19)27-18(2)31)28-29-25(32)16-30(22-7-5-4-6-8-22)36(33,34)24-15-20(26)11-14-23(24)35-3/h4-15H,16H2,1-3H3,(H,27,31)(H,29,32)/b28-17-. The fraction of sp³-hybridized carbons (Fsp3) is 0.160. The van der Waals surface area contributed by atoms with E-state index in [1.54, 1.807) is 67.6 Å². The first-order valence-electron chi connectivity index (χ1n) is 10.7. The summed E-state index contributed by atoms with van der Waals surface area (Å²) in [7, 11) is -2.81. The van der Waals surface area contributed by atoms with Crippen LogP contribution in [-0.2, 0) is 19.6 Å². The van der Waals surface area contributed by atoms with E-state index < -0.39 is 22.5 Å². The molecule has 0 aromatic heterocycles. The van der Waals surface area contributed by atoms with Gasteiger partial charge in [-0.1, -0.05) is 46.3 Å². The Hall–Kier alpha value is -3.70. The van der Waals surface area contributed by atoms with Crippen molar-refractivity contribution < 1.29 is 22.7 Å². The van der Waals surface area contributed by atoms with Gasteiger partial charge in [-0.2, -0.15) is 5.10 Å². The highest BCUT2D eigenvalue weighted by Crippen LogP contribution is 2.32. The molecule has 3 rings (SSSR count). The number of hydrogen-bond acceptors (Lipinski definition) is 6. The van der Waals surface area contributed by atoms with Crippen LogP contribution in [0.1, 0.15) is 19.4 Å². The summed E-state index contributed by atoms with van der Waals surface area (Å²) in [5.41, 5.74) is 4.59. The summed E-state index contributed by atoms with van der Waals surface area (Å²) in [6.45, 7) is 2.60. The third-order valence-electron chi connectivity index (χ3n) is 5.00. The highest BCUT2D eigenvalue weighted by Gasteiger charge is 2.30. The van der Waals surface area contributed by atoms with E-state index in [-0.39, 0.29) is 16.6 Å². The lowest BCUT2D eigenvalue weighted by molar-refractivity contribution is -0.119. The number of sulfonamides is 1. The second-order valence-electron chi connectivity index (χ2n) is 7.63. The van der Waals surface area contributed by atoms with Crippen LogP contribution in [0.2, 0.25) is 0 Å². The first-order valence-corrected chi connectivity index (χ1v) is 13.0. The minimum atomic E-state index is -4.19. The lowest BCUT2D eigenvalue weighted by atomic mass is 10.1. The molecular weight excluding hydrogens is 548 g/mol. The molecule has 0 spiro atoms. The molecule has 2 N–H and O–H groups in total. The van der Waals surface area contributed by atoms with E-state index in [0.29, 0.717) is 21.6 Å². The lowest BCUT2D eigenvalue weighted by Gasteiger charge is -2.24. The summed E-state index contributed by atoms with van der Waals surface area (Å²) in [5, 5.41) is 6.79. The van der Waals surface area contributed by atoms with Crippen molar-refractivity contribution >= 4 is 54.9 Å². The summed E-state index contributed by atoms with van der Waals surface area (Å²) >= 11 is 3.30. The van der Waals surface area contributed by atoms with E-state index in [4.69, 9.17) is 4.74 Å². The average molecular weight is 573 g/mol. The van der Waals surface area contributed by atoms with Crippen molar-refractivity contribution in [2.45, 2.75) is 18.7 Å². The van der Waals surface area contributed by atoms with Gasteiger partial charge in [0.05, 0.1) is 18.5 Å². The highest BCUT2D eigenvalue weighted by molar-refractivity contribution is 9.10. The Labute approximate surface area is 218 Å². The molecule has 9 nitrogen and oxygen atoms in total. The van der Waals surface area contributed by atoms with Crippen LogP contribution in [0.25, 0.3) is 0 Å². The molecule has 0 unspecified atom stereocenters. The predicted molar refractivity (Wildman–Crippen MR) is 143 cm³/mol. The number of ether oxygens (including phenoxy) is 1. The Morgan fingerprint density at radius 1 is 1.00 bits per heavy atom. The van der Waals surface area contributed by atoms with Crippen molar-refractivity contribution in [1.82, 2.24) is 5.43 Å². The zero-order valence-electron chi connectivity index (χ0n) is 19.9. The number of methoxy groups -OCH3 is 1. The van der Waals surface area contributed by atoms with E-state index >= 15 is 0 Å². The Bertz CT molecular complexity index is 1380. The van der Waals surface area contributed by atoms with Crippen molar-refractivity contribution in [3.05, 3.63) is 82.8 Å². The highest BCUT2D eigenvalue weighted by atomic mass is 79.9. The molecule has 0 bridgehead atoms. The molecule has 188 valence electrons. The molecule has 0 heterocycles. The molecule has 0 aliphatic rings. The minimum absolute atomic E-state index is 0.0880. The van der Waals surface area contributed by atoms with Crippen LogP contribution in [0.5, 0.6) is 5.75 Å². The van der Waals surface area contributed by atoms with Crippen LogP contribution in [0.4, 0.5) is 11.4 Å². The van der Waals surface area contributed by atoms with E-state index in [0.717, 1.165) is 9.87 Å². The average Bonchev–Trinajstić information content (AvgIpc) is 2.86. The zero-order valence-corrected chi connectivity index (χ0v) is 22.3. The first kappa shape index (κ1) is 26.9. The van der Waals surface area contributed by atoms with Crippen molar-refractivity contribution in [2.24, 2.45) is 5.10 Å². The van der Waals surface area contributed by atoms with Crippen LogP contribution in [0.15, 0.2) is 87.3 Å². The van der Waals surface area contributed by atoms with Crippen molar-refractivity contribution in [2.75, 3.05) is 23.3 Å². The van der Waals surface area contributed by atoms with Crippen LogP contribution in [0.3, 0.4) is 0 Å². The quantitative estimate of drug-likeness (QED) is 0.295. The minimum Gasteiger partial charge on any atom is -0.495 e. The summed E-state index contributed by atoms with van der Waals surface area (Å²) < 4.78 is 34.1. The van der Waals surface area contributed by atoms with Gasteiger partial charge in [0.1, 0.15) is 17.2 Å². The van der Waals surface area contributed by atoms with Gasteiger partial charge in [-0.15, -0.1) is 0 Å². The SMILES string of the molecule is COc1ccc(Br)cc1S(=O)(=O)N(CC(=O)N/N=C(/C)c1ccc(NC(C)=O)cc1)c1ccccc1. The molecule has 11 heteroatoms. The Morgan fingerprint density at radius 2 is 1.67 bits per heavy atom. The number of carbonyl (C=O) groups is 2. The number of hydrazone groups is 1. The van der Waals surface area contributed by atoms with Crippen LogP contribution < -0.4 is 19.8 Å². The smallest absolute Gasteiger partial charge is 0.268 e. The number of hydrogen-bond donors (Lipinski definition) is 2. The molecule has 36 heavy (non-hydrogen) atoms. The molecule has 3 aromatic carbocycles.